The van der Waals surface area contributed by atoms with Crippen molar-refractivity contribution in [2.45, 2.75) is 59.4 Å². The first-order valence-electron chi connectivity index (χ1n) is 9.73. The van der Waals surface area contributed by atoms with Gasteiger partial charge in [0.15, 0.2) is 5.96 Å². The average Bonchev–Trinajstić information content (AvgIpc) is 3.03. The van der Waals surface area contributed by atoms with Crippen molar-refractivity contribution in [1.29, 1.82) is 0 Å². The largest absolute Gasteiger partial charge is 0.357 e. The molecule has 2 N–H and O–H groups in total. The molecule has 0 saturated carbocycles. The first-order valence-corrected chi connectivity index (χ1v) is 9.73. The molecule has 1 atom stereocenters. The zero-order chi connectivity index (χ0) is 16.9. The Morgan fingerprint density at radius 3 is 2.57 bits per heavy atom. The molecular weight excluding hydrogens is 286 g/mol. The smallest absolute Gasteiger partial charge is 0.191 e. The zero-order valence-electron chi connectivity index (χ0n) is 15.9. The Balaban J connectivity index is 2.26. The van der Waals surface area contributed by atoms with Gasteiger partial charge in [-0.25, -0.2) is 0 Å². The molecule has 0 spiro atoms. The Kier molecular flexibility index (Phi) is 11.1. The number of rotatable bonds is 11. The van der Waals surface area contributed by atoms with Crippen LogP contribution in [0.4, 0.5) is 0 Å². The number of hydrogen-bond acceptors (Lipinski definition) is 3. The van der Waals surface area contributed by atoms with Crippen LogP contribution in [0.1, 0.15) is 53.4 Å². The van der Waals surface area contributed by atoms with Crippen LogP contribution in [0.25, 0.3) is 0 Å². The van der Waals surface area contributed by atoms with E-state index >= 15 is 0 Å². The molecule has 0 aromatic rings. The van der Waals surface area contributed by atoms with Gasteiger partial charge in [-0.3, -0.25) is 9.89 Å². The Morgan fingerprint density at radius 2 is 1.91 bits per heavy atom. The van der Waals surface area contributed by atoms with E-state index in [4.69, 9.17) is 4.99 Å². The number of likely N-dealkylation sites (N-methyl/N-ethyl adjacent to an activating group) is 1. The van der Waals surface area contributed by atoms with Crippen LogP contribution in [-0.2, 0) is 0 Å². The van der Waals surface area contributed by atoms with Crippen molar-refractivity contribution in [1.82, 2.24) is 20.4 Å². The van der Waals surface area contributed by atoms with Crippen molar-refractivity contribution in [3.05, 3.63) is 0 Å². The first-order chi connectivity index (χ1) is 11.2. The molecule has 0 aromatic heterocycles. The summed E-state index contributed by atoms with van der Waals surface area (Å²) in [5.74, 6) is 0.985. The highest BCUT2D eigenvalue weighted by molar-refractivity contribution is 5.79. The SMILES string of the molecule is CCNC(=NCC1CCCN1CC)NCCCCN(CC)CC. The summed E-state index contributed by atoms with van der Waals surface area (Å²) >= 11 is 0. The second kappa shape index (κ2) is 12.6. The van der Waals surface area contributed by atoms with E-state index in [1.807, 2.05) is 0 Å². The number of guanidine groups is 1. The van der Waals surface area contributed by atoms with Gasteiger partial charge in [-0.15, -0.1) is 0 Å². The van der Waals surface area contributed by atoms with Crippen molar-refractivity contribution in [3.63, 3.8) is 0 Å². The van der Waals surface area contributed by atoms with Crippen molar-refractivity contribution in [3.8, 4) is 0 Å². The van der Waals surface area contributed by atoms with Gasteiger partial charge >= 0.3 is 0 Å². The second-order valence-electron chi connectivity index (χ2n) is 6.31. The Bertz CT molecular complexity index is 315. The molecule has 1 aliphatic heterocycles. The minimum absolute atomic E-state index is 0.637. The monoisotopic (exact) mass is 325 g/mol. The maximum atomic E-state index is 4.80. The summed E-state index contributed by atoms with van der Waals surface area (Å²) in [4.78, 5) is 9.84. The van der Waals surface area contributed by atoms with E-state index in [1.165, 1.54) is 38.8 Å². The number of unbranched alkanes of at least 4 members (excludes halogenated alkanes) is 1. The van der Waals surface area contributed by atoms with Crippen LogP contribution in [0.3, 0.4) is 0 Å². The second-order valence-corrected chi connectivity index (χ2v) is 6.31. The molecule has 5 heteroatoms. The van der Waals surface area contributed by atoms with Gasteiger partial charge in [0.05, 0.1) is 6.54 Å². The van der Waals surface area contributed by atoms with Gasteiger partial charge in [-0.2, -0.15) is 0 Å². The van der Waals surface area contributed by atoms with E-state index in [2.05, 4.69) is 48.1 Å². The predicted molar refractivity (Wildman–Crippen MR) is 101 cm³/mol. The minimum Gasteiger partial charge on any atom is -0.357 e. The first kappa shape index (κ1) is 20.2. The summed E-state index contributed by atoms with van der Waals surface area (Å²) in [6.07, 6.45) is 5.07. The summed E-state index contributed by atoms with van der Waals surface area (Å²) in [7, 11) is 0. The van der Waals surface area contributed by atoms with E-state index in [0.717, 1.165) is 45.2 Å². The number of hydrogen-bond donors (Lipinski definition) is 2. The zero-order valence-corrected chi connectivity index (χ0v) is 15.9. The summed E-state index contributed by atoms with van der Waals surface area (Å²) in [5, 5.41) is 6.86. The molecule has 1 unspecified atom stereocenters. The fraction of sp³-hybridized carbons (Fsp3) is 0.944. The van der Waals surface area contributed by atoms with E-state index in [1.54, 1.807) is 0 Å². The molecule has 1 heterocycles. The lowest BCUT2D eigenvalue weighted by molar-refractivity contribution is 0.273. The Hall–Kier alpha value is -0.810. The van der Waals surface area contributed by atoms with Gasteiger partial charge in [0.25, 0.3) is 0 Å². The Labute approximate surface area is 143 Å². The van der Waals surface area contributed by atoms with Crippen molar-refractivity contribution in [2.75, 3.05) is 52.4 Å². The molecule has 0 aliphatic carbocycles. The van der Waals surface area contributed by atoms with Gasteiger partial charge in [0, 0.05) is 19.1 Å². The van der Waals surface area contributed by atoms with Crippen LogP contribution in [0.15, 0.2) is 4.99 Å². The molecule has 0 radical (unpaired) electrons. The van der Waals surface area contributed by atoms with Gasteiger partial charge < -0.3 is 15.5 Å². The topological polar surface area (TPSA) is 42.9 Å². The molecule has 1 aliphatic rings. The lowest BCUT2D eigenvalue weighted by Crippen LogP contribution is -2.39. The van der Waals surface area contributed by atoms with E-state index < -0.39 is 0 Å². The minimum atomic E-state index is 0.637. The highest BCUT2D eigenvalue weighted by Gasteiger charge is 2.22. The van der Waals surface area contributed by atoms with E-state index in [0.29, 0.717) is 6.04 Å². The Morgan fingerprint density at radius 1 is 1.13 bits per heavy atom. The van der Waals surface area contributed by atoms with Gasteiger partial charge in [-0.1, -0.05) is 20.8 Å². The quantitative estimate of drug-likeness (QED) is 0.347. The summed E-state index contributed by atoms with van der Waals surface area (Å²) < 4.78 is 0. The maximum Gasteiger partial charge on any atom is 0.191 e. The summed E-state index contributed by atoms with van der Waals surface area (Å²) in [5.41, 5.74) is 0. The number of likely N-dealkylation sites (tertiary alicyclic amines) is 1. The molecule has 0 bridgehead atoms. The normalized spacial score (nSPS) is 19.5. The average molecular weight is 326 g/mol. The molecule has 1 fully saturated rings. The van der Waals surface area contributed by atoms with Crippen molar-refractivity contribution in [2.24, 2.45) is 4.99 Å². The highest BCUT2D eigenvalue weighted by atomic mass is 15.2. The molecule has 1 saturated heterocycles. The number of nitrogens with one attached hydrogen (secondary N) is 2. The molecule has 0 aromatic carbocycles. The lowest BCUT2D eigenvalue weighted by atomic mass is 10.2. The van der Waals surface area contributed by atoms with Crippen LogP contribution in [0.2, 0.25) is 0 Å². The number of aliphatic imine (C=N–C) groups is 1. The molecule has 23 heavy (non-hydrogen) atoms. The van der Waals surface area contributed by atoms with Crippen LogP contribution in [0, 0.1) is 0 Å². The van der Waals surface area contributed by atoms with Gasteiger partial charge in [0.1, 0.15) is 0 Å². The molecule has 5 nitrogen and oxygen atoms in total. The molecule has 136 valence electrons. The van der Waals surface area contributed by atoms with Gasteiger partial charge in [-0.05, 0) is 65.3 Å². The predicted octanol–water partition coefficient (Wildman–Crippen LogP) is 2.15. The third-order valence-electron chi connectivity index (χ3n) is 4.80. The van der Waals surface area contributed by atoms with Gasteiger partial charge in [0.2, 0.25) is 0 Å². The van der Waals surface area contributed by atoms with Crippen molar-refractivity contribution < 1.29 is 0 Å². The van der Waals surface area contributed by atoms with E-state index in [9.17, 15) is 0 Å². The van der Waals surface area contributed by atoms with E-state index in [-0.39, 0.29) is 0 Å². The fourth-order valence-corrected chi connectivity index (χ4v) is 3.26. The highest BCUT2D eigenvalue weighted by Crippen LogP contribution is 2.16. The van der Waals surface area contributed by atoms with Crippen LogP contribution >= 0.6 is 0 Å². The molecular formula is C18H39N5. The van der Waals surface area contributed by atoms with Crippen LogP contribution < -0.4 is 10.6 Å². The third kappa shape index (κ3) is 8.02. The number of nitrogens with zero attached hydrogens (tertiary/aromatic N) is 3. The maximum absolute atomic E-state index is 4.80. The van der Waals surface area contributed by atoms with Crippen molar-refractivity contribution >= 4 is 5.96 Å². The summed E-state index contributed by atoms with van der Waals surface area (Å²) in [6.45, 7) is 17.6. The molecule has 1 rings (SSSR count). The molecule has 0 amide bonds. The third-order valence-corrected chi connectivity index (χ3v) is 4.80. The standard InChI is InChI=1S/C18H39N5/c1-5-19-18(20-13-9-10-14-22(6-2)7-3)21-16-17-12-11-15-23(17)8-4/h17H,5-16H2,1-4H3,(H2,19,20,21). The lowest BCUT2D eigenvalue weighted by Gasteiger charge is -2.21. The van der Waals surface area contributed by atoms with Crippen LogP contribution in [-0.4, -0.2) is 74.2 Å². The van der Waals surface area contributed by atoms with Crippen LogP contribution in [0.5, 0.6) is 0 Å². The summed E-state index contributed by atoms with van der Waals surface area (Å²) in [6, 6.07) is 0.637. The fourth-order valence-electron chi connectivity index (χ4n) is 3.26.